The molecule has 5 nitrogen and oxygen atoms in total. The highest BCUT2D eigenvalue weighted by Crippen LogP contribution is 2.33. The molecule has 1 amide bonds. The zero-order valence-electron chi connectivity index (χ0n) is 12.1. The van der Waals surface area contributed by atoms with E-state index >= 15 is 0 Å². The predicted molar refractivity (Wildman–Crippen MR) is 80.3 cm³/mol. The molecule has 5 heteroatoms. The lowest BCUT2D eigenvalue weighted by Crippen LogP contribution is -2.46. The molecular weight excluding hydrogens is 268 g/mol. The van der Waals surface area contributed by atoms with E-state index in [9.17, 15) is 9.90 Å². The number of aliphatic hydroxyl groups is 1. The lowest BCUT2D eigenvalue weighted by atomic mass is 9.94. The van der Waals surface area contributed by atoms with Crippen LogP contribution in [0.5, 0.6) is 0 Å². The Morgan fingerprint density at radius 1 is 1.38 bits per heavy atom. The Labute approximate surface area is 124 Å². The van der Waals surface area contributed by atoms with Crippen LogP contribution in [0, 0.1) is 0 Å². The van der Waals surface area contributed by atoms with Gasteiger partial charge in [0.2, 0.25) is 5.91 Å². The van der Waals surface area contributed by atoms with Crippen LogP contribution in [0.1, 0.15) is 30.7 Å². The monoisotopic (exact) mass is 290 g/mol. The molecule has 0 aromatic heterocycles. The Bertz CT molecular complexity index is 512. The van der Waals surface area contributed by atoms with Crippen LogP contribution in [0.4, 0.5) is 5.69 Å². The summed E-state index contributed by atoms with van der Waals surface area (Å²) in [5, 5.41) is 16.5. The predicted octanol–water partition coefficient (Wildman–Crippen LogP) is 1.24. The maximum Gasteiger partial charge on any atom is 0.220 e. The van der Waals surface area contributed by atoms with E-state index in [4.69, 9.17) is 4.74 Å². The molecule has 0 bridgehead atoms. The highest BCUT2D eigenvalue weighted by atomic mass is 16.5. The number of carbonyl (C=O) groups is 1. The Hall–Kier alpha value is -1.59. The number of carbonyl (C=O) groups excluding carboxylic acids is 1. The maximum absolute atomic E-state index is 12.1. The minimum absolute atomic E-state index is 0.00146. The highest BCUT2D eigenvalue weighted by molar-refractivity contribution is 5.78. The van der Waals surface area contributed by atoms with Crippen LogP contribution >= 0.6 is 0 Å². The third-order valence-corrected chi connectivity index (χ3v) is 4.41. The first kappa shape index (κ1) is 14.4. The molecule has 0 radical (unpaired) electrons. The number of para-hydroxylation sites is 1. The lowest BCUT2D eigenvalue weighted by Gasteiger charge is -2.32. The van der Waals surface area contributed by atoms with E-state index in [0.29, 0.717) is 39.0 Å². The van der Waals surface area contributed by atoms with Gasteiger partial charge in [0.15, 0.2) is 0 Å². The number of benzene rings is 1. The second-order valence-electron chi connectivity index (χ2n) is 5.98. The van der Waals surface area contributed by atoms with Gasteiger partial charge in [0.05, 0.1) is 5.60 Å². The van der Waals surface area contributed by atoms with E-state index in [1.54, 1.807) is 0 Å². The van der Waals surface area contributed by atoms with Crippen molar-refractivity contribution < 1.29 is 14.6 Å². The van der Waals surface area contributed by atoms with E-state index in [1.807, 2.05) is 18.2 Å². The fourth-order valence-electron chi connectivity index (χ4n) is 3.03. The molecule has 114 valence electrons. The zero-order valence-corrected chi connectivity index (χ0v) is 12.1. The van der Waals surface area contributed by atoms with Crippen LogP contribution in [0.15, 0.2) is 24.3 Å². The number of hydrogen-bond donors (Lipinski definition) is 3. The summed E-state index contributed by atoms with van der Waals surface area (Å²) in [4.78, 5) is 12.1. The molecule has 1 saturated heterocycles. The first-order chi connectivity index (χ1) is 10.2. The summed E-state index contributed by atoms with van der Waals surface area (Å²) in [7, 11) is 0. The van der Waals surface area contributed by atoms with Gasteiger partial charge < -0.3 is 20.5 Å². The van der Waals surface area contributed by atoms with E-state index in [2.05, 4.69) is 16.7 Å². The normalized spacial score (nSPS) is 23.2. The first-order valence-electron chi connectivity index (χ1n) is 7.56. The van der Waals surface area contributed by atoms with E-state index < -0.39 is 5.60 Å². The number of nitrogens with one attached hydrogen (secondary N) is 2. The quantitative estimate of drug-likeness (QED) is 0.780. The van der Waals surface area contributed by atoms with Gasteiger partial charge >= 0.3 is 0 Å². The maximum atomic E-state index is 12.1. The topological polar surface area (TPSA) is 70.6 Å². The van der Waals surface area contributed by atoms with Gasteiger partial charge in [0.1, 0.15) is 0 Å². The molecule has 1 aromatic carbocycles. The van der Waals surface area contributed by atoms with Gasteiger partial charge in [-0.3, -0.25) is 4.79 Å². The molecule has 2 aliphatic heterocycles. The molecule has 3 N–H and O–H groups in total. The molecule has 0 saturated carbocycles. The number of rotatable bonds is 4. The molecule has 0 aliphatic carbocycles. The fourth-order valence-corrected chi connectivity index (χ4v) is 3.03. The number of hydrogen-bond acceptors (Lipinski definition) is 4. The third kappa shape index (κ3) is 3.36. The van der Waals surface area contributed by atoms with Crippen molar-refractivity contribution in [1.82, 2.24) is 5.32 Å². The van der Waals surface area contributed by atoms with Gasteiger partial charge in [-0.05, 0) is 11.6 Å². The van der Waals surface area contributed by atoms with Crippen molar-refractivity contribution in [2.45, 2.75) is 30.8 Å². The number of ether oxygens (including phenoxy) is 1. The Morgan fingerprint density at radius 3 is 2.95 bits per heavy atom. The average molecular weight is 290 g/mol. The van der Waals surface area contributed by atoms with Crippen molar-refractivity contribution in [2.75, 3.05) is 31.6 Å². The van der Waals surface area contributed by atoms with Gasteiger partial charge in [-0.2, -0.15) is 0 Å². The fraction of sp³-hybridized carbons (Fsp3) is 0.562. The van der Waals surface area contributed by atoms with Crippen molar-refractivity contribution >= 4 is 11.6 Å². The van der Waals surface area contributed by atoms with Crippen molar-refractivity contribution in [3.8, 4) is 0 Å². The van der Waals surface area contributed by atoms with Crippen LogP contribution in [0.3, 0.4) is 0 Å². The molecule has 2 heterocycles. The Morgan fingerprint density at radius 2 is 2.14 bits per heavy atom. The molecule has 21 heavy (non-hydrogen) atoms. The minimum atomic E-state index is -0.806. The van der Waals surface area contributed by atoms with Crippen molar-refractivity contribution in [3.63, 3.8) is 0 Å². The molecular formula is C16H22N2O3. The summed E-state index contributed by atoms with van der Waals surface area (Å²) >= 11 is 0. The van der Waals surface area contributed by atoms with E-state index in [-0.39, 0.29) is 11.8 Å². The second kappa shape index (κ2) is 6.03. The van der Waals surface area contributed by atoms with E-state index in [0.717, 1.165) is 12.2 Å². The van der Waals surface area contributed by atoms with Crippen LogP contribution in [-0.4, -0.2) is 42.9 Å². The van der Waals surface area contributed by atoms with Crippen molar-refractivity contribution in [1.29, 1.82) is 0 Å². The van der Waals surface area contributed by atoms with Gasteiger partial charge in [-0.15, -0.1) is 0 Å². The highest BCUT2D eigenvalue weighted by Gasteiger charge is 2.31. The van der Waals surface area contributed by atoms with Crippen molar-refractivity contribution in [3.05, 3.63) is 29.8 Å². The first-order valence-corrected chi connectivity index (χ1v) is 7.56. The third-order valence-electron chi connectivity index (χ3n) is 4.41. The number of fused-ring (bicyclic) bond motifs is 1. The summed E-state index contributed by atoms with van der Waals surface area (Å²) in [6, 6.07) is 8.10. The SMILES string of the molecule is O=C(CC1CNc2ccccc21)NCC1(O)CCOCC1. The van der Waals surface area contributed by atoms with E-state index in [1.165, 1.54) is 5.56 Å². The van der Waals surface area contributed by atoms with Gasteiger partial charge in [-0.25, -0.2) is 0 Å². The van der Waals surface area contributed by atoms with Gasteiger partial charge in [-0.1, -0.05) is 18.2 Å². The van der Waals surface area contributed by atoms with Gasteiger partial charge in [0, 0.05) is 57.2 Å². The summed E-state index contributed by atoms with van der Waals surface area (Å²) in [6.07, 6.45) is 1.62. The van der Waals surface area contributed by atoms with Crippen molar-refractivity contribution in [2.24, 2.45) is 0 Å². The molecule has 0 spiro atoms. The van der Waals surface area contributed by atoms with Gasteiger partial charge in [0.25, 0.3) is 0 Å². The Kier molecular flexibility index (Phi) is 4.12. The van der Waals surface area contributed by atoms with Crippen LogP contribution in [0.2, 0.25) is 0 Å². The average Bonchev–Trinajstić information content (AvgIpc) is 2.90. The molecule has 2 aliphatic rings. The molecule has 1 fully saturated rings. The smallest absolute Gasteiger partial charge is 0.220 e. The van der Waals surface area contributed by atoms with Crippen LogP contribution in [0.25, 0.3) is 0 Å². The number of amides is 1. The summed E-state index contributed by atoms with van der Waals surface area (Å²) < 4.78 is 5.24. The largest absolute Gasteiger partial charge is 0.388 e. The molecule has 3 rings (SSSR count). The summed E-state index contributed by atoms with van der Waals surface area (Å²) in [5.74, 6) is 0.212. The molecule has 1 aromatic rings. The minimum Gasteiger partial charge on any atom is -0.388 e. The number of anilines is 1. The standard InChI is InChI=1S/C16H22N2O3/c19-15(18-11-16(20)5-7-21-8-6-16)9-12-10-17-14-4-2-1-3-13(12)14/h1-4,12,17,20H,5-11H2,(H,18,19). The van der Waals surface area contributed by atoms with Crippen LogP contribution < -0.4 is 10.6 Å². The second-order valence-corrected chi connectivity index (χ2v) is 5.98. The summed E-state index contributed by atoms with van der Waals surface area (Å²) in [5.41, 5.74) is 1.52. The lowest BCUT2D eigenvalue weighted by molar-refractivity contribution is -0.124. The van der Waals surface area contributed by atoms with Crippen LogP contribution in [-0.2, 0) is 9.53 Å². The zero-order chi connectivity index (χ0) is 14.7. The molecule has 1 unspecified atom stereocenters. The Balaban J connectivity index is 1.51. The molecule has 1 atom stereocenters. The summed E-state index contributed by atoms with van der Waals surface area (Å²) in [6.45, 7) is 2.24.